The summed E-state index contributed by atoms with van der Waals surface area (Å²) in [7, 11) is 0. The summed E-state index contributed by atoms with van der Waals surface area (Å²) in [4.78, 5) is 15.8. The molecule has 2 heterocycles. The van der Waals surface area contributed by atoms with Gasteiger partial charge in [0.15, 0.2) is 0 Å². The highest BCUT2D eigenvalue weighted by molar-refractivity contribution is 7.99. The van der Waals surface area contributed by atoms with Crippen molar-refractivity contribution in [3.63, 3.8) is 0 Å². The van der Waals surface area contributed by atoms with Crippen LogP contribution < -0.4 is 10.6 Å². The van der Waals surface area contributed by atoms with Crippen LogP contribution >= 0.6 is 11.8 Å². The first-order valence-corrected chi connectivity index (χ1v) is 7.88. The molecule has 1 unspecified atom stereocenters. The van der Waals surface area contributed by atoms with Gasteiger partial charge in [0.2, 0.25) is 0 Å². The number of hydrogen-bond donors (Lipinski definition) is 2. The van der Waals surface area contributed by atoms with Gasteiger partial charge in [-0.05, 0) is 45.1 Å². The topological polar surface area (TPSA) is 63.2 Å². The number of rotatable bonds is 3. The van der Waals surface area contributed by atoms with Crippen LogP contribution in [0, 0.1) is 0 Å². The predicted octanol–water partition coefficient (Wildman–Crippen LogP) is 3.35. The highest BCUT2D eigenvalue weighted by Crippen LogP contribution is 2.21. The lowest BCUT2D eigenvalue weighted by Crippen LogP contribution is -2.27. The van der Waals surface area contributed by atoms with Crippen molar-refractivity contribution in [2.45, 2.75) is 38.8 Å². The average Bonchev–Trinajstić information content (AvgIpc) is 2.82. The molecule has 1 aliphatic rings. The van der Waals surface area contributed by atoms with E-state index in [1.54, 1.807) is 12.3 Å². The largest absolute Gasteiger partial charge is 0.444 e. The lowest BCUT2D eigenvalue weighted by atomic mass is 10.2. The van der Waals surface area contributed by atoms with Crippen LogP contribution in [-0.2, 0) is 4.74 Å². The summed E-state index contributed by atoms with van der Waals surface area (Å²) in [6.07, 6.45) is 2.43. The van der Waals surface area contributed by atoms with Crippen molar-refractivity contribution in [1.82, 2.24) is 4.98 Å². The number of carbonyl (C=O) groups excluding carboxylic acids is 1. The molecule has 0 aliphatic carbocycles. The van der Waals surface area contributed by atoms with Gasteiger partial charge in [-0.15, -0.1) is 0 Å². The molecule has 1 aromatic heterocycles. The van der Waals surface area contributed by atoms with Gasteiger partial charge in [-0.2, -0.15) is 11.8 Å². The third-order valence-corrected chi connectivity index (χ3v) is 3.86. The minimum Gasteiger partial charge on any atom is -0.444 e. The van der Waals surface area contributed by atoms with Gasteiger partial charge in [0.25, 0.3) is 0 Å². The molecule has 5 nitrogen and oxygen atoms in total. The van der Waals surface area contributed by atoms with E-state index in [1.807, 2.05) is 38.6 Å². The van der Waals surface area contributed by atoms with E-state index in [9.17, 15) is 4.79 Å². The van der Waals surface area contributed by atoms with Gasteiger partial charge in [0.1, 0.15) is 11.4 Å². The normalized spacial score (nSPS) is 18.6. The molecule has 6 heteroatoms. The predicted molar refractivity (Wildman–Crippen MR) is 83.4 cm³/mol. The van der Waals surface area contributed by atoms with E-state index in [-0.39, 0.29) is 0 Å². The molecule has 0 bridgehead atoms. The molecule has 0 spiro atoms. The maximum absolute atomic E-state index is 11.6. The van der Waals surface area contributed by atoms with Crippen molar-refractivity contribution in [3.05, 3.63) is 18.3 Å². The van der Waals surface area contributed by atoms with E-state index in [1.165, 1.54) is 12.2 Å². The summed E-state index contributed by atoms with van der Waals surface area (Å²) in [5.41, 5.74) is 0.471. The molecule has 1 amide bonds. The second-order valence-corrected chi connectivity index (χ2v) is 6.91. The van der Waals surface area contributed by atoms with Gasteiger partial charge in [-0.3, -0.25) is 5.32 Å². The number of anilines is 2. The van der Waals surface area contributed by atoms with E-state index in [2.05, 4.69) is 15.6 Å². The fraction of sp³-hybridized carbons (Fsp3) is 0.571. The van der Waals surface area contributed by atoms with Gasteiger partial charge >= 0.3 is 6.09 Å². The molecule has 2 rings (SSSR count). The molecule has 1 saturated heterocycles. The van der Waals surface area contributed by atoms with Crippen molar-refractivity contribution in [3.8, 4) is 0 Å². The summed E-state index contributed by atoms with van der Waals surface area (Å²) in [5.74, 6) is 2.84. The number of carbonyl (C=O) groups is 1. The van der Waals surface area contributed by atoms with Crippen LogP contribution in [0.2, 0.25) is 0 Å². The Hall–Kier alpha value is -1.43. The van der Waals surface area contributed by atoms with Crippen LogP contribution in [0.5, 0.6) is 0 Å². The van der Waals surface area contributed by atoms with Crippen molar-refractivity contribution in [1.29, 1.82) is 0 Å². The third kappa shape index (κ3) is 4.92. The Morgan fingerprint density at radius 3 is 2.80 bits per heavy atom. The van der Waals surface area contributed by atoms with Gasteiger partial charge in [0.05, 0.1) is 11.9 Å². The van der Waals surface area contributed by atoms with Gasteiger partial charge in [-0.1, -0.05) is 0 Å². The fourth-order valence-electron chi connectivity index (χ4n) is 1.85. The Balaban J connectivity index is 1.86. The maximum Gasteiger partial charge on any atom is 0.413 e. The lowest BCUT2D eigenvalue weighted by molar-refractivity contribution is 0.0635. The molecule has 1 aliphatic heterocycles. The SMILES string of the molecule is CC(C)(C)OC(=O)Nc1ccc(NC2CCSC2)cn1. The smallest absolute Gasteiger partial charge is 0.413 e. The molecule has 1 atom stereocenters. The first-order chi connectivity index (χ1) is 9.42. The van der Waals surface area contributed by atoms with Gasteiger partial charge < -0.3 is 10.1 Å². The van der Waals surface area contributed by atoms with Crippen LogP contribution in [-0.4, -0.2) is 34.2 Å². The Labute approximate surface area is 123 Å². The summed E-state index contributed by atoms with van der Waals surface area (Å²) in [6, 6.07) is 4.21. The maximum atomic E-state index is 11.6. The molecule has 1 aromatic rings. The summed E-state index contributed by atoms with van der Waals surface area (Å²) >= 11 is 1.96. The molecule has 1 fully saturated rings. The number of nitrogens with one attached hydrogen (secondary N) is 2. The highest BCUT2D eigenvalue weighted by atomic mass is 32.2. The van der Waals surface area contributed by atoms with Crippen molar-refractivity contribution in [2.24, 2.45) is 0 Å². The number of amides is 1. The molecular formula is C14H21N3O2S. The Morgan fingerprint density at radius 2 is 2.25 bits per heavy atom. The summed E-state index contributed by atoms with van der Waals surface area (Å²) in [6.45, 7) is 5.48. The third-order valence-electron chi connectivity index (χ3n) is 2.69. The zero-order valence-corrected chi connectivity index (χ0v) is 12.9. The average molecular weight is 295 g/mol. The first kappa shape index (κ1) is 15.0. The lowest BCUT2D eigenvalue weighted by Gasteiger charge is -2.19. The fourth-order valence-corrected chi connectivity index (χ4v) is 3.00. The number of nitrogens with zero attached hydrogens (tertiary/aromatic N) is 1. The number of pyridine rings is 1. The monoisotopic (exact) mass is 295 g/mol. The number of hydrogen-bond acceptors (Lipinski definition) is 5. The second-order valence-electron chi connectivity index (χ2n) is 5.76. The van der Waals surface area contributed by atoms with Crippen LogP contribution in [0.4, 0.5) is 16.3 Å². The van der Waals surface area contributed by atoms with E-state index < -0.39 is 11.7 Å². The number of ether oxygens (including phenoxy) is 1. The molecule has 0 aromatic carbocycles. The number of aromatic nitrogens is 1. The second kappa shape index (κ2) is 6.35. The van der Waals surface area contributed by atoms with E-state index in [0.29, 0.717) is 11.9 Å². The minimum atomic E-state index is -0.508. The van der Waals surface area contributed by atoms with E-state index in [4.69, 9.17) is 4.74 Å². The molecule has 110 valence electrons. The van der Waals surface area contributed by atoms with Crippen LogP contribution in [0.25, 0.3) is 0 Å². The first-order valence-electron chi connectivity index (χ1n) is 6.73. The van der Waals surface area contributed by atoms with Crippen LogP contribution in [0.3, 0.4) is 0 Å². The Kier molecular flexibility index (Phi) is 4.75. The minimum absolute atomic E-state index is 0.488. The molecule has 0 radical (unpaired) electrons. The highest BCUT2D eigenvalue weighted by Gasteiger charge is 2.17. The van der Waals surface area contributed by atoms with E-state index >= 15 is 0 Å². The quantitative estimate of drug-likeness (QED) is 0.895. The van der Waals surface area contributed by atoms with Crippen LogP contribution in [0.15, 0.2) is 18.3 Å². The van der Waals surface area contributed by atoms with Crippen LogP contribution in [0.1, 0.15) is 27.2 Å². The standard InChI is InChI=1S/C14H21N3O2S/c1-14(2,3)19-13(18)17-12-5-4-10(8-15-12)16-11-6-7-20-9-11/h4-5,8,11,16H,6-7,9H2,1-3H3,(H,15,17,18). The Morgan fingerprint density at radius 1 is 1.45 bits per heavy atom. The zero-order chi connectivity index (χ0) is 14.6. The van der Waals surface area contributed by atoms with E-state index in [0.717, 1.165) is 11.4 Å². The molecule has 20 heavy (non-hydrogen) atoms. The number of thioether (sulfide) groups is 1. The Bertz CT molecular complexity index is 450. The van der Waals surface area contributed by atoms with Crippen molar-refractivity contribution >= 4 is 29.4 Å². The van der Waals surface area contributed by atoms with Gasteiger partial charge in [0, 0.05) is 11.8 Å². The van der Waals surface area contributed by atoms with Crippen molar-refractivity contribution in [2.75, 3.05) is 22.1 Å². The van der Waals surface area contributed by atoms with Gasteiger partial charge in [-0.25, -0.2) is 9.78 Å². The zero-order valence-electron chi connectivity index (χ0n) is 12.1. The summed E-state index contributed by atoms with van der Waals surface area (Å²) in [5, 5.41) is 6.05. The molecule has 2 N–H and O–H groups in total. The van der Waals surface area contributed by atoms with Crippen molar-refractivity contribution < 1.29 is 9.53 Å². The molecular weight excluding hydrogens is 274 g/mol. The summed E-state index contributed by atoms with van der Waals surface area (Å²) < 4.78 is 5.17. The molecule has 0 saturated carbocycles.